The third-order valence-electron chi connectivity index (χ3n) is 3.68. The lowest BCUT2D eigenvalue weighted by molar-refractivity contribution is 0.377. The lowest BCUT2D eigenvalue weighted by Crippen LogP contribution is -2.22. The fourth-order valence-electron chi connectivity index (χ4n) is 2.56. The van der Waals surface area contributed by atoms with E-state index in [9.17, 15) is 9.90 Å². The van der Waals surface area contributed by atoms with Crippen molar-refractivity contribution in [3.05, 3.63) is 52.6 Å². The fraction of sp³-hybridized carbons (Fsp3) is 0.176. The standard InChI is InChI=1S/C17H16N2O4/c1-10-18-15-13(8-9-14(20)16(15)23-3)17(21)19(10)11-4-6-12(22-2)7-5-11/h4-9,20H,1-3H3. The van der Waals surface area contributed by atoms with Crippen molar-refractivity contribution >= 4 is 10.9 Å². The van der Waals surface area contributed by atoms with Crippen LogP contribution in [0.1, 0.15) is 5.82 Å². The lowest BCUT2D eigenvalue weighted by Gasteiger charge is -2.13. The predicted molar refractivity (Wildman–Crippen MR) is 86.8 cm³/mol. The molecule has 1 heterocycles. The van der Waals surface area contributed by atoms with Crippen molar-refractivity contribution in [2.75, 3.05) is 14.2 Å². The zero-order chi connectivity index (χ0) is 16.6. The van der Waals surface area contributed by atoms with Gasteiger partial charge in [0.25, 0.3) is 5.56 Å². The van der Waals surface area contributed by atoms with Gasteiger partial charge in [-0.2, -0.15) is 0 Å². The number of phenols is 1. The molecule has 0 amide bonds. The lowest BCUT2D eigenvalue weighted by atomic mass is 10.2. The number of rotatable bonds is 3. The topological polar surface area (TPSA) is 73.6 Å². The summed E-state index contributed by atoms with van der Waals surface area (Å²) in [6.07, 6.45) is 0. The van der Waals surface area contributed by atoms with Gasteiger partial charge < -0.3 is 14.6 Å². The van der Waals surface area contributed by atoms with Crippen molar-refractivity contribution in [3.63, 3.8) is 0 Å². The Morgan fingerprint density at radius 2 is 1.74 bits per heavy atom. The van der Waals surface area contributed by atoms with Gasteiger partial charge in [0.1, 0.15) is 17.1 Å². The normalized spacial score (nSPS) is 10.7. The van der Waals surface area contributed by atoms with E-state index < -0.39 is 0 Å². The molecule has 6 heteroatoms. The molecule has 118 valence electrons. The molecule has 0 unspecified atom stereocenters. The monoisotopic (exact) mass is 312 g/mol. The summed E-state index contributed by atoms with van der Waals surface area (Å²) in [5.41, 5.74) is 0.811. The maximum atomic E-state index is 12.8. The molecule has 3 rings (SSSR count). The van der Waals surface area contributed by atoms with Crippen molar-refractivity contribution < 1.29 is 14.6 Å². The average molecular weight is 312 g/mol. The highest BCUT2D eigenvalue weighted by Crippen LogP contribution is 2.32. The number of hydrogen-bond donors (Lipinski definition) is 1. The Morgan fingerprint density at radius 3 is 2.35 bits per heavy atom. The van der Waals surface area contributed by atoms with Crippen LogP contribution in [-0.4, -0.2) is 28.9 Å². The molecular weight excluding hydrogens is 296 g/mol. The summed E-state index contributed by atoms with van der Waals surface area (Å²) in [6, 6.07) is 10.1. The van der Waals surface area contributed by atoms with Crippen LogP contribution in [0, 0.1) is 6.92 Å². The molecule has 0 atom stereocenters. The molecule has 3 aromatic rings. The number of methoxy groups -OCH3 is 2. The van der Waals surface area contributed by atoms with E-state index in [0.29, 0.717) is 28.2 Å². The largest absolute Gasteiger partial charge is 0.504 e. The summed E-state index contributed by atoms with van der Waals surface area (Å²) in [5, 5.41) is 10.2. The van der Waals surface area contributed by atoms with Crippen LogP contribution in [0.25, 0.3) is 16.6 Å². The van der Waals surface area contributed by atoms with E-state index >= 15 is 0 Å². The van der Waals surface area contributed by atoms with E-state index in [1.54, 1.807) is 44.4 Å². The number of hydrogen-bond acceptors (Lipinski definition) is 5. The Kier molecular flexibility index (Phi) is 3.65. The van der Waals surface area contributed by atoms with Crippen molar-refractivity contribution in [3.8, 4) is 22.9 Å². The van der Waals surface area contributed by atoms with Crippen molar-refractivity contribution in [1.29, 1.82) is 0 Å². The molecule has 0 aliphatic rings. The van der Waals surface area contributed by atoms with Crippen molar-refractivity contribution in [2.45, 2.75) is 6.92 Å². The Labute approximate surface area is 132 Å². The molecule has 0 saturated carbocycles. The molecule has 0 aliphatic carbocycles. The SMILES string of the molecule is COc1ccc(-n2c(C)nc3c(OC)c(O)ccc3c2=O)cc1. The van der Waals surface area contributed by atoms with Gasteiger partial charge in [-0.05, 0) is 43.3 Å². The van der Waals surface area contributed by atoms with Gasteiger partial charge in [-0.3, -0.25) is 9.36 Å². The van der Waals surface area contributed by atoms with Crippen LogP contribution in [0.5, 0.6) is 17.2 Å². The van der Waals surface area contributed by atoms with E-state index in [2.05, 4.69) is 4.98 Å². The predicted octanol–water partition coefficient (Wildman–Crippen LogP) is 2.42. The molecule has 0 radical (unpaired) electrons. The minimum absolute atomic E-state index is 0.0477. The molecule has 0 saturated heterocycles. The highest BCUT2D eigenvalue weighted by atomic mass is 16.5. The van der Waals surface area contributed by atoms with Crippen LogP contribution in [0.4, 0.5) is 0 Å². The first-order valence-corrected chi connectivity index (χ1v) is 7.00. The Morgan fingerprint density at radius 1 is 1.04 bits per heavy atom. The van der Waals surface area contributed by atoms with E-state index in [-0.39, 0.29) is 17.1 Å². The number of nitrogens with zero attached hydrogens (tertiary/aromatic N) is 2. The maximum absolute atomic E-state index is 12.8. The molecule has 0 fully saturated rings. The molecule has 0 bridgehead atoms. The second-order valence-corrected chi connectivity index (χ2v) is 5.01. The Bertz CT molecular complexity index is 930. The molecule has 0 spiro atoms. The summed E-state index contributed by atoms with van der Waals surface area (Å²) in [4.78, 5) is 17.3. The van der Waals surface area contributed by atoms with Crippen molar-refractivity contribution in [1.82, 2.24) is 9.55 Å². The molecule has 6 nitrogen and oxygen atoms in total. The average Bonchev–Trinajstić information content (AvgIpc) is 2.55. The summed E-state index contributed by atoms with van der Waals surface area (Å²) < 4.78 is 11.8. The quantitative estimate of drug-likeness (QED) is 0.804. The minimum atomic E-state index is -0.226. The van der Waals surface area contributed by atoms with Gasteiger partial charge in [0.05, 0.1) is 25.3 Å². The summed E-state index contributed by atoms with van der Waals surface area (Å²) >= 11 is 0. The van der Waals surface area contributed by atoms with Crippen LogP contribution >= 0.6 is 0 Å². The summed E-state index contributed by atoms with van der Waals surface area (Å²) in [5.74, 6) is 1.36. The Balaban J connectivity index is 2.30. The first-order chi connectivity index (χ1) is 11.1. The van der Waals surface area contributed by atoms with Gasteiger partial charge in [-0.25, -0.2) is 4.98 Å². The van der Waals surface area contributed by atoms with Crippen LogP contribution in [0.2, 0.25) is 0 Å². The number of benzene rings is 2. The number of fused-ring (bicyclic) bond motifs is 1. The molecular formula is C17H16N2O4. The number of ether oxygens (including phenoxy) is 2. The third kappa shape index (κ3) is 2.38. The first kappa shape index (κ1) is 14.9. The van der Waals surface area contributed by atoms with Gasteiger partial charge in [0.15, 0.2) is 11.5 Å². The van der Waals surface area contributed by atoms with Gasteiger partial charge in [-0.15, -0.1) is 0 Å². The van der Waals surface area contributed by atoms with E-state index in [1.165, 1.54) is 17.7 Å². The highest BCUT2D eigenvalue weighted by Gasteiger charge is 2.15. The molecule has 23 heavy (non-hydrogen) atoms. The smallest absolute Gasteiger partial charge is 0.266 e. The van der Waals surface area contributed by atoms with Crippen LogP contribution < -0.4 is 15.0 Å². The van der Waals surface area contributed by atoms with E-state index in [1.807, 2.05) is 0 Å². The van der Waals surface area contributed by atoms with Gasteiger partial charge in [0, 0.05) is 0 Å². The number of phenolic OH excluding ortho intramolecular Hbond substituents is 1. The molecule has 2 aromatic carbocycles. The highest BCUT2D eigenvalue weighted by molar-refractivity contribution is 5.86. The molecule has 1 aromatic heterocycles. The van der Waals surface area contributed by atoms with Crippen LogP contribution in [0.3, 0.4) is 0 Å². The zero-order valence-electron chi connectivity index (χ0n) is 13.0. The second-order valence-electron chi connectivity index (χ2n) is 5.01. The third-order valence-corrected chi connectivity index (χ3v) is 3.68. The molecule has 0 aliphatic heterocycles. The molecule has 1 N–H and O–H groups in total. The van der Waals surface area contributed by atoms with Gasteiger partial charge in [-0.1, -0.05) is 0 Å². The zero-order valence-corrected chi connectivity index (χ0v) is 13.0. The van der Waals surface area contributed by atoms with E-state index in [4.69, 9.17) is 9.47 Å². The van der Waals surface area contributed by atoms with Crippen molar-refractivity contribution in [2.24, 2.45) is 0 Å². The van der Waals surface area contributed by atoms with Gasteiger partial charge >= 0.3 is 0 Å². The fourth-order valence-corrected chi connectivity index (χ4v) is 2.56. The number of aromatic nitrogens is 2. The van der Waals surface area contributed by atoms with Crippen LogP contribution in [0.15, 0.2) is 41.2 Å². The number of aryl methyl sites for hydroxylation is 1. The Hall–Kier alpha value is -3.02. The minimum Gasteiger partial charge on any atom is -0.504 e. The van der Waals surface area contributed by atoms with Crippen LogP contribution in [-0.2, 0) is 0 Å². The summed E-state index contributed by atoms with van der Waals surface area (Å²) in [6.45, 7) is 1.73. The number of aromatic hydroxyl groups is 1. The maximum Gasteiger partial charge on any atom is 0.266 e. The summed E-state index contributed by atoms with van der Waals surface area (Å²) in [7, 11) is 3.02. The second kappa shape index (κ2) is 5.64. The van der Waals surface area contributed by atoms with Gasteiger partial charge in [0.2, 0.25) is 0 Å². The first-order valence-electron chi connectivity index (χ1n) is 7.00. The van der Waals surface area contributed by atoms with E-state index in [0.717, 1.165) is 0 Å².